The number of hydrogen-bond acceptors (Lipinski definition) is 3. The molecule has 3 nitrogen and oxygen atoms in total. The lowest BCUT2D eigenvalue weighted by Crippen LogP contribution is -2.37. The highest BCUT2D eigenvalue weighted by Crippen LogP contribution is 2.07. The predicted octanol–water partition coefficient (Wildman–Crippen LogP) is 1.41. The lowest BCUT2D eigenvalue weighted by atomic mass is 10.1. The van der Waals surface area contributed by atoms with E-state index >= 15 is 0 Å². The zero-order valence-corrected chi connectivity index (χ0v) is 11.3. The second-order valence-corrected chi connectivity index (χ2v) is 5.24. The normalized spacial score (nSPS) is 17.8. The van der Waals surface area contributed by atoms with Crippen LogP contribution in [0.1, 0.15) is 18.4 Å². The number of β-amino-alcohol motifs (C(OH)–C–C–N with tert-alkyl or cyclic N) is 1. The average molecular weight is 266 g/mol. The Bertz CT molecular complexity index is 363. The minimum Gasteiger partial charge on any atom is -0.390 e. The zero-order valence-electron chi connectivity index (χ0n) is 11.3. The van der Waals surface area contributed by atoms with Gasteiger partial charge in [-0.1, -0.05) is 12.1 Å². The van der Waals surface area contributed by atoms with Crippen LogP contribution < -0.4 is 5.32 Å². The highest BCUT2D eigenvalue weighted by atomic mass is 19.1. The highest BCUT2D eigenvalue weighted by Gasteiger charge is 2.15. The van der Waals surface area contributed by atoms with E-state index in [1.807, 2.05) is 0 Å². The van der Waals surface area contributed by atoms with Crippen molar-refractivity contribution in [2.75, 3.05) is 32.7 Å². The summed E-state index contributed by atoms with van der Waals surface area (Å²) in [6, 6.07) is 6.57. The van der Waals surface area contributed by atoms with Crippen molar-refractivity contribution < 1.29 is 9.50 Å². The molecule has 1 atom stereocenters. The van der Waals surface area contributed by atoms with E-state index in [4.69, 9.17) is 0 Å². The summed E-state index contributed by atoms with van der Waals surface area (Å²) in [6.45, 7) is 4.43. The maximum absolute atomic E-state index is 12.7. The topological polar surface area (TPSA) is 35.5 Å². The summed E-state index contributed by atoms with van der Waals surface area (Å²) in [6.07, 6.45) is 3.07. The van der Waals surface area contributed by atoms with Crippen LogP contribution in [0.15, 0.2) is 24.3 Å². The van der Waals surface area contributed by atoms with Gasteiger partial charge in [0.2, 0.25) is 0 Å². The number of benzene rings is 1. The largest absolute Gasteiger partial charge is 0.390 e. The Labute approximate surface area is 114 Å². The molecular weight excluding hydrogens is 243 g/mol. The van der Waals surface area contributed by atoms with E-state index in [-0.39, 0.29) is 11.9 Å². The SMILES string of the molecule is OC(CNCCc1ccc(F)cc1)CN1CCCC1. The van der Waals surface area contributed by atoms with Crippen LogP contribution in [0.2, 0.25) is 0 Å². The molecule has 0 saturated carbocycles. The molecule has 2 rings (SSSR count). The molecule has 4 heteroatoms. The summed E-state index contributed by atoms with van der Waals surface area (Å²) in [5, 5.41) is 13.1. The van der Waals surface area contributed by atoms with E-state index in [0.717, 1.165) is 38.2 Å². The third-order valence-electron chi connectivity index (χ3n) is 3.55. The van der Waals surface area contributed by atoms with E-state index in [2.05, 4.69) is 10.2 Å². The Hall–Kier alpha value is -0.970. The maximum Gasteiger partial charge on any atom is 0.123 e. The van der Waals surface area contributed by atoms with Gasteiger partial charge in [0.05, 0.1) is 6.10 Å². The molecule has 19 heavy (non-hydrogen) atoms. The Morgan fingerprint density at radius 3 is 2.58 bits per heavy atom. The molecule has 1 aromatic rings. The standard InChI is InChI=1S/C15H23FN2O/c16-14-5-3-13(4-6-14)7-8-17-11-15(19)12-18-9-1-2-10-18/h3-6,15,17,19H,1-2,7-12H2. The second-order valence-electron chi connectivity index (χ2n) is 5.24. The van der Waals surface area contributed by atoms with Gasteiger partial charge in [-0.2, -0.15) is 0 Å². The molecule has 106 valence electrons. The molecule has 1 aliphatic rings. The third kappa shape index (κ3) is 5.27. The first kappa shape index (κ1) is 14.4. The van der Waals surface area contributed by atoms with Gasteiger partial charge in [0.25, 0.3) is 0 Å². The van der Waals surface area contributed by atoms with Crippen molar-refractivity contribution in [1.82, 2.24) is 10.2 Å². The summed E-state index contributed by atoms with van der Waals surface area (Å²) in [5.41, 5.74) is 1.11. The van der Waals surface area contributed by atoms with Crippen molar-refractivity contribution in [3.8, 4) is 0 Å². The first-order valence-electron chi connectivity index (χ1n) is 7.09. The van der Waals surface area contributed by atoms with Crippen LogP contribution in [0, 0.1) is 5.82 Å². The number of nitrogens with zero attached hydrogens (tertiary/aromatic N) is 1. The van der Waals surface area contributed by atoms with Crippen molar-refractivity contribution in [2.24, 2.45) is 0 Å². The number of aliphatic hydroxyl groups is 1. The Kier molecular flexibility index (Phi) is 5.76. The van der Waals surface area contributed by atoms with Gasteiger partial charge in [0, 0.05) is 13.1 Å². The van der Waals surface area contributed by atoms with Gasteiger partial charge in [-0.05, 0) is 56.6 Å². The number of halogens is 1. The summed E-state index contributed by atoms with van der Waals surface area (Å²) in [7, 11) is 0. The van der Waals surface area contributed by atoms with Gasteiger partial charge in [-0.15, -0.1) is 0 Å². The van der Waals surface area contributed by atoms with E-state index < -0.39 is 0 Å². The fraction of sp³-hybridized carbons (Fsp3) is 0.600. The van der Waals surface area contributed by atoms with Crippen molar-refractivity contribution >= 4 is 0 Å². The van der Waals surface area contributed by atoms with Gasteiger partial charge in [0.15, 0.2) is 0 Å². The minimum absolute atomic E-state index is 0.197. The average Bonchev–Trinajstić information content (AvgIpc) is 2.89. The maximum atomic E-state index is 12.7. The first-order valence-corrected chi connectivity index (χ1v) is 7.09. The number of aliphatic hydroxyl groups excluding tert-OH is 1. The molecule has 0 amide bonds. The lowest BCUT2D eigenvalue weighted by molar-refractivity contribution is 0.124. The predicted molar refractivity (Wildman–Crippen MR) is 74.7 cm³/mol. The summed E-state index contributed by atoms with van der Waals surface area (Å²) in [4.78, 5) is 2.31. The van der Waals surface area contributed by atoms with Crippen molar-refractivity contribution in [2.45, 2.75) is 25.4 Å². The summed E-state index contributed by atoms with van der Waals surface area (Å²) in [5.74, 6) is -0.197. The number of nitrogens with one attached hydrogen (secondary N) is 1. The fourth-order valence-electron chi connectivity index (χ4n) is 2.48. The van der Waals surface area contributed by atoms with Gasteiger partial charge in [0.1, 0.15) is 5.82 Å². The molecule has 1 heterocycles. The van der Waals surface area contributed by atoms with E-state index in [1.165, 1.54) is 25.0 Å². The van der Waals surface area contributed by atoms with Crippen LogP contribution in [0.3, 0.4) is 0 Å². The van der Waals surface area contributed by atoms with Crippen LogP contribution in [-0.4, -0.2) is 48.8 Å². The lowest BCUT2D eigenvalue weighted by Gasteiger charge is -2.19. The highest BCUT2D eigenvalue weighted by molar-refractivity contribution is 5.16. The molecular formula is C15H23FN2O. The summed E-state index contributed by atoms with van der Waals surface area (Å²) < 4.78 is 12.7. The Morgan fingerprint density at radius 2 is 1.89 bits per heavy atom. The molecule has 0 aliphatic carbocycles. The molecule has 0 spiro atoms. The number of likely N-dealkylation sites (tertiary alicyclic amines) is 1. The zero-order chi connectivity index (χ0) is 13.5. The number of rotatable bonds is 7. The fourth-order valence-corrected chi connectivity index (χ4v) is 2.48. The monoisotopic (exact) mass is 266 g/mol. The molecule has 0 aromatic heterocycles. The number of hydrogen-bond donors (Lipinski definition) is 2. The van der Waals surface area contributed by atoms with Gasteiger partial charge >= 0.3 is 0 Å². The van der Waals surface area contributed by atoms with Crippen LogP contribution in [0.4, 0.5) is 4.39 Å². The first-order chi connectivity index (χ1) is 9.24. The Balaban J connectivity index is 1.57. The van der Waals surface area contributed by atoms with Crippen LogP contribution in [0.25, 0.3) is 0 Å². The molecule has 1 unspecified atom stereocenters. The van der Waals surface area contributed by atoms with Crippen LogP contribution >= 0.6 is 0 Å². The smallest absolute Gasteiger partial charge is 0.123 e. The molecule has 0 bridgehead atoms. The Morgan fingerprint density at radius 1 is 1.21 bits per heavy atom. The molecule has 1 aromatic carbocycles. The second kappa shape index (κ2) is 7.58. The van der Waals surface area contributed by atoms with Gasteiger partial charge < -0.3 is 15.3 Å². The quantitative estimate of drug-likeness (QED) is 0.733. The minimum atomic E-state index is -0.300. The van der Waals surface area contributed by atoms with Gasteiger partial charge in [-0.25, -0.2) is 4.39 Å². The molecule has 1 saturated heterocycles. The summed E-state index contributed by atoms with van der Waals surface area (Å²) >= 11 is 0. The van der Waals surface area contributed by atoms with Crippen molar-refractivity contribution in [1.29, 1.82) is 0 Å². The van der Waals surface area contributed by atoms with E-state index in [0.29, 0.717) is 6.54 Å². The van der Waals surface area contributed by atoms with Crippen molar-refractivity contribution in [3.63, 3.8) is 0 Å². The van der Waals surface area contributed by atoms with E-state index in [1.54, 1.807) is 12.1 Å². The van der Waals surface area contributed by atoms with E-state index in [9.17, 15) is 9.50 Å². The third-order valence-corrected chi connectivity index (χ3v) is 3.55. The molecule has 0 radical (unpaired) electrons. The molecule has 1 aliphatic heterocycles. The molecule has 1 fully saturated rings. The van der Waals surface area contributed by atoms with Crippen LogP contribution in [-0.2, 0) is 6.42 Å². The van der Waals surface area contributed by atoms with Crippen molar-refractivity contribution in [3.05, 3.63) is 35.6 Å². The van der Waals surface area contributed by atoms with Crippen LogP contribution in [0.5, 0.6) is 0 Å². The molecule has 2 N–H and O–H groups in total. The van der Waals surface area contributed by atoms with Gasteiger partial charge in [-0.3, -0.25) is 0 Å².